The molecule has 2 aliphatic carbocycles. The van der Waals surface area contributed by atoms with E-state index in [-0.39, 0.29) is 0 Å². The van der Waals surface area contributed by atoms with E-state index in [1.54, 1.807) is 0 Å². The first-order valence-electron chi connectivity index (χ1n) is 8.44. The summed E-state index contributed by atoms with van der Waals surface area (Å²) in [5.74, 6) is 5.42. The molecular weight excluding hydrogens is 320 g/mol. The monoisotopic (exact) mass is 344 g/mol. The summed E-state index contributed by atoms with van der Waals surface area (Å²) < 4.78 is 0.664. The molecule has 116 valence electrons. The maximum absolute atomic E-state index is 3.46. The van der Waals surface area contributed by atoms with Crippen molar-refractivity contribution in [2.75, 3.05) is 0 Å². The van der Waals surface area contributed by atoms with E-state index in [0.717, 1.165) is 22.3 Å². The van der Waals surface area contributed by atoms with E-state index < -0.39 is 8.07 Å². The molecule has 2 saturated carbocycles. The Kier molecular flexibility index (Phi) is 3.91. The first-order chi connectivity index (χ1) is 10.5. The molecule has 0 amide bonds. The van der Waals surface area contributed by atoms with Gasteiger partial charge in [0.1, 0.15) is 8.07 Å². The van der Waals surface area contributed by atoms with Gasteiger partial charge in [-0.2, -0.15) is 0 Å². The molecular formula is C19H24S2Si. The van der Waals surface area contributed by atoms with Crippen LogP contribution < -0.4 is 0 Å². The molecule has 1 aromatic rings. The molecule has 3 aliphatic rings. The normalized spacial score (nSPS) is 36.0. The van der Waals surface area contributed by atoms with Crippen LogP contribution in [-0.2, 0) is 0 Å². The van der Waals surface area contributed by atoms with Crippen LogP contribution in [0, 0.1) is 23.3 Å². The topological polar surface area (TPSA) is 0 Å². The van der Waals surface area contributed by atoms with E-state index in [1.165, 1.54) is 30.4 Å². The van der Waals surface area contributed by atoms with Crippen LogP contribution in [-0.4, -0.2) is 18.6 Å². The van der Waals surface area contributed by atoms with Crippen molar-refractivity contribution in [1.29, 1.82) is 0 Å². The maximum atomic E-state index is 3.46. The van der Waals surface area contributed by atoms with Gasteiger partial charge in [0, 0.05) is 16.1 Å². The molecule has 4 unspecified atom stereocenters. The summed E-state index contributed by atoms with van der Waals surface area (Å²) in [4.78, 5) is 0. The summed E-state index contributed by atoms with van der Waals surface area (Å²) in [6, 6.07) is 9.10. The van der Waals surface area contributed by atoms with Crippen molar-refractivity contribution in [2.45, 2.75) is 54.0 Å². The lowest BCUT2D eigenvalue weighted by molar-refractivity contribution is 0.508. The lowest BCUT2D eigenvalue weighted by atomic mass is 10.00. The Hall–Kier alpha value is -0.303. The Bertz CT molecular complexity index is 602. The van der Waals surface area contributed by atoms with Crippen LogP contribution in [0.5, 0.6) is 0 Å². The molecule has 0 radical (unpaired) electrons. The Labute approximate surface area is 144 Å². The largest absolute Gasteiger partial charge is 0.138 e. The van der Waals surface area contributed by atoms with Gasteiger partial charge in [0.05, 0.1) is 4.58 Å². The number of benzene rings is 1. The highest BCUT2D eigenvalue weighted by Gasteiger charge is 2.53. The van der Waals surface area contributed by atoms with Crippen LogP contribution in [0.4, 0.5) is 0 Å². The lowest BCUT2D eigenvalue weighted by Gasteiger charge is -2.21. The lowest BCUT2D eigenvalue weighted by Crippen LogP contribution is -2.22. The zero-order chi connectivity index (χ0) is 15.3. The third-order valence-electron chi connectivity index (χ3n) is 5.09. The molecule has 0 N–H and O–H groups in total. The van der Waals surface area contributed by atoms with Gasteiger partial charge in [0.15, 0.2) is 0 Å². The SMILES string of the molecule is C[Si](C)(C)C#Cc1ccc(C2SC3C4CCC(C4)C3S2)cc1. The van der Waals surface area contributed by atoms with E-state index in [0.29, 0.717) is 4.58 Å². The van der Waals surface area contributed by atoms with Gasteiger partial charge >= 0.3 is 0 Å². The Morgan fingerprint density at radius 1 is 0.955 bits per heavy atom. The zero-order valence-electron chi connectivity index (χ0n) is 13.6. The summed E-state index contributed by atoms with van der Waals surface area (Å²) in [6.45, 7) is 6.90. The standard InChI is InChI=1S/C19H24S2Si/c1-22(2,3)11-10-13-4-6-14(7-5-13)19-20-17-15-8-9-16(12-15)18(17)21-19/h4-7,15-19H,8-9,12H2,1-3H3. The molecule has 2 bridgehead atoms. The van der Waals surface area contributed by atoms with E-state index in [1.807, 2.05) is 0 Å². The fourth-order valence-corrected chi connectivity index (χ4v) is 8.84. The zero-order valence-corrected chi connectivity index (χ0v) is 16.3. The minimum absolute atomic E-state index is 0.664. The van der Waals surface area contributed by atoms with Crippen molar-refractivity contribution in [3.8, 4) is 11.5 Å². The highest BCUT2D eigenvalue weighted by atomic mass is 32.2. The van der Waals surface area contributed by atoms with E-state index in [2.05, 4.69) is 78.9 Å². The molecule has 3 fully saturated rings. The van der Waals surface area contributed by atoms with Crippen LogP contribution in [0.3, 0.4) is 0 Å². The van der Waals surface area contributed by atoms with Gasteiger partial charge in [-0.1, -0.05) is 37.7 Å². The maximum Gasteiger partial charge on any atom is 0.129 e. The fraction of sp³-hybridized carbons (Fsp3) is 0.579. The van der Waals surface area contributed by atoms with Crippen LogP contribution >= 0.6 is 23.5 Å². The van der Waals surface area contributed by atoms with Crippen molar-refractivity contribution in [2.24, 2.45) is 11.8 Å². The number of hydrogen-bond acceptors (Lipinski definition) is 2. The summed E-state index contributed by atoms with van der Waals surface area (Å²) in [6.07, 6.45) is 4.52. The van der Waals surface area contributed by atoms with Gasteiger partial charge in [0.25, 0.3) is 0 Å². The van der Waals surface area contributed by atoms with Crippen LogP contribution in [0.15, 0.2) is 24.3 Å². The second-order valence-corrected chi connectivity index (χ2v) is 15.6. The van der Waals surface area contributed by atoms with Crippen LogP contribution in [0.1, 0.15) is 35.0 Å². The van der Waals surface area contributed by atoms with Crippen molar-refractivity contribution in [1.82, 2.24) is 0 Å². The van der Waals surface area contributed by atoms with Gasteiger partial charge in [-0.3, -0.25) is 0 Å². The fourth-order valence-electron chi connectivity index (χ4n) is 4.02. The van der Waals surface area contributed by atoms with Crippen LogP contribution in [0.25, 0.3) is 0 Å². The van der Waals surface area contributed by atoms with E-state index >= 15 is 0 Å². The average molecular weight is 345 g/mol. The first kappa shape index (κ1) is 15.2. The highest BCUT2D eigenvalue weighted by Crippen LogP contribution is 2.65. The molecule has 0 spiro atoms. The second kappa shape index (κ2) is 5.65. The molecule has 1 aromatic carbocycles. The molecule has 0 aromatic heterocycles. The van der Waals surface area contributed by atoms with Gasteiger partial charge < -0.3 is 0 Å². The van der Waals surface area contributed by atoms with Gasteiger partial charge in [-0.15, -0.1) is 29.1 Å². The predicted molar refractivity (Wildman–Crippen MR) is 103 cm³/mol. The van der Waals surface area contributed by atoms with Crippen molar-refractivity contribution in [3.63, 3.8) is 0 Å². The molecule has 1 heterocycles. The van der Waals surface area contributed by atoms with Crippen molar-refractivity contribution in [3.05, 3.63) is 35.4 Å². The van der Waals surface area contributed by atoms with Gasteiger partial charge in [-0.05, 0) is 48.8 Å². The van der Waals surface area contributed by atoms with Crippen molar-refractivity contribution >= 4 is 31.6 Å². The molecule has 3 heteroatoms. The van der Waals surface area contributed by atoms with E-state index in [4.69, 9.17) is 0 Å². The number of rotatable bonds is 1. The van der Waals surface area contributed by atoms with Crippen molar-refractivity contribution < 1.29 is 0 Å². The average Bonchev–Trinajstić information content (AvgIpc) is 3.17. The molecule has 1 saturated heterocycles. The van der Waals surface area contributed by atoms with Crippen LogP contribution in [0.2, 0.25) is 19.6 Å². The summed E-state index contributed by atoms with van der Waals surface area (Å²) in [5, 5.41) is 1.89. The Morgan fingerprint density at radius 2 is 1.55 bits per heavy atom. The number of fused-ring (bicyclic) bond motifs is 5. The smallest absolute Gasteiger partial charge is 0.129 e. The summed E-state index contributed by atoms with van der Waals surface area (Å²) in [5.41, 5.74) is 6.14. The molecule has 1 aliphatic heterocycles. The molecule has 4 rings (SSSR count). The minimum Gasteiger partial charge on any atom is -0.138 e. The second-order valence-electron chi connectivity index (χ2n) is 7.99. The first-order valence-corrected chi connectivity index (χ1v) is 13.8. The highest BCUT2D eigenvalue weighted by molar-refractivity contribution is 8.20. The molecule has 0 nitrogen and oxygen atoms in total. The van der Waals surface area contributed by atoms with Gasteiger partial charge in [-0.25, -0.2) is 0 Å². The van der Waals surface area contributed by atoms with E-state index in [9.17, 15) is 0 Å². The minimum atomic E-state index is -1.27. The molecule has 22 heavy (non-hydrogen) atoms. The summed E-state index contributed by atoms with van der Waals surface area (Å²) in [7, 11) is -1.27. The number of thioether (sulfide) groups is 2. The summed E-state index contributed by atoms with van der Waals surface area (Å²) >= 11 is 4.51. The number of hydrogen-bond donors (Lipinski definition) is 0. The Balaban J connectivity index is 1.47. The van der Waals surface area contributed by atoms with Gasteiger partial charge in [0.2, 0.25) is 0 Å². The quantitative estimate of drug-likeness (QED) is 0.483. The molecule has 4 atom stereocenters. The third-order valence-corrected chi connectivity index (χ3v) is 9.83. The Morgan fingerprint density at radius 3 is 2.09 bits per heavy atom. The predicted octanol–water partition coefficient (Wildman–Crippen LogP) is 5.56. The third kappa shape index (κ3) is 2.90.